The van der Waals surface area contributed by atoms with E-state index in [1.54, 1.807) is 17.4 Å². The highest BCUT2D eigenvalue weighted by atomic mass is 32.2. The Morgan fingerprint density at radius 1 is 1.23 bits per heavy atom. The molecule has 0 radical (unpaired) electrons. The van der Waals surface area contributed by atoms with Crippen LogP contribution < -0.4 is 15.4 Å². The van der Waals surface area contributed by atoms with Crippen LogP contribution >= 0.6 is 0 Å². The Labute approximate surface area is 223 Å². The Morgan fingerprint density at radius 2 is 1.97 bits per heavy atom. The summed E-state index contributed by atoms with van der Waals surface area (Å²) in [4.78, 5) is 20.7. The van der Waals surface area contributed by atoms with Crippen LogP contribution in [0, 0.1) is 12.7 Å². The first kappa shape index (κ1) is 28.5. The van der Waals surface area contributed by atoms with Crippen molar-refractivity contribution < 1.29 is 36.0 Å². The number of nitrogens with one attached hydrogen (secondary N) is 2. The standard InChI is InChI=1S/C25H26F4N5O4S/c1-14-9-17(34-39(36)18-5-7-37-8-6-18)11-20-22(14)23(32-13-31-20)33-19-4-3-16(26)10-21(19)38-15(2)24(35)30-12-25(27,28)29/h3-4,9-11,13,15,18H,5-8,12H2,1-2H3,(H,30,35)(H,31,32,33)/q-1/t15-/m1/s1. The lowest BCUT2D eigenvalue weighted by molar-refractivity contribution is -0.142. The molecule has 14 heteroatoms. The molecular weight excluding hydrogens is 542 g/mol. The molecule has 1 amide bonds. The van der Waals surface area contributed by atoms with E-state index in [1.165, 1.54) is 19.3 Å². The molecule has 0 saturated carbocycles. The average Bonchev–Trinajstić information content (AvgIpc) is 2.88. The van der Waals surface area contributed by atoms with Gasteiger partial charge in [0.25, 0.3) is 5.91 Å². The summed E-state index contributed by atoms with van der Waals surface area (Å²) >= 11 is 0. The maximum atomic E-state index is 14.0. The fourth-order valence-corrected chi connectivity index (χ4v) is 5.03. The van der Waals surface area contributed by atoms with Gasteiger partial charge >= 0.3 is 6.18 Å². The number of anilines is 2. The van der Waals surface area contributed by atoms with E-state index in [1.807, 2.05) is 6.92 Å². The Hall–Kier alpha value is -3.52. The first-order chi connectivity index (χ1) is 18.5. The monoisotopic (exact) mass is 568 g/mol. The maximum Gasteiger partial charge on any atom is 0.405 e. The van der Waals surface area contributed by atoms with Crippen LogP contribution in [-0.4, -0.2) is 53.2 Å². The molecule has 1 aliphatic heterocycles. The summed E-state index contributed by atoms with van der Waals surface area (Å²) in [6.07, 6.45) is -3.28. The number of amides is 1. The molecule has 2 heterocycles. The molecule has 210 valence electrons. The highest BCUT2D eigenvalue weighted by Crippen LogP contribution is 2.34. The van der Waals surface area contributed by atoms with E-state index in [9.17, 15) is 26.6 Å². The van der Waals surface area contributed by atoms with Crippen LogP contribution in [0.15, 0.2) is 41.0 Å². The fourth-order valence-electron chi connectivity index (χ4n) is 3.98. The minimum Gasteiger partial charge on any atom is -0.479 e. The zero-order valence-electron chi connectivity index (χ0n) is 21.0. The number of hydrogen-bond donors (Lipinski definition) is 2. The van der Waals surface area contributed by atoms with Gasteiger partial charge in [-0.25, -0.2) is 14.4 Å². The van der Waals surface area contributed by atoms with Gasteiger partial charge in [-0.15, -0.1) is 0 Å². The highest BCUT2D eigenvalue weighted by molar-refractivity contribution is 7.75. The topological polar surface area (TPSA) is 115 Å². The van der Waals surface area contributed by atoms with Crippen molar-refractivity contribution in [2.75, 3.05) is 25.1 Å². The van der Waals surface area contributed by atoms with Gasteiger partial charge in [-0.1, -0.05) is 5.25 Å². The smallest absolute Gasteiger partial charge is 0.405 e. The lowest BCUT2D eigenvalue weighted by Gasteiger charge is -2.25. The largest absolute Gasteiger partial charge is 0.479 e. The molecule has 9 nitrogen and oxygen atoms in total. The van der Waals surface area contributed by atoms with Gasteiger partial charge in [-0.2, -0.15) is 23.8 Å². The van der Waals surface area contributed by atoms with Gasteiger partial charge in [0, 0.05) is 30.4 Å². The van der Waals surface area contributed by atoms with Gasteiger partial charge in [0.05, 0.1) is 11.2 Å². The Morgan fingerprint density at radius 3 is 2.69 bits per heavy atom. The minimum atomic E-state index is -4.58. The molecular formula is C25H26F4N5O4S-. The summed E-state index contributed by atoms with van der Waals surface area (Å²) in [5, 5.41) is 5.31. The summed E-state index contributed by atoms with van der Waals surface area (Å²) in [5.41, 5.74) is 1.96. The molecule has 2 aromatic carbocycles. The average molecular weight is 569 g/mol. The normalized spacial score (nSPS) is 16.2. The van der Waals surface area contributed by atoms with Gasteiger partial charge in [0.2, 0.25) is 0 Å². The van der Waals surface area contributed by atoms with Crippen molar-refractivity contribution in [2.24, 2.45) is 4.36 Å². The number of fused-ring (bicyclic) bond motifs is 1. The molecule has 4 rings (SSSR count). The molecule has 1 saturated heterocycles. The number of ether oxygens (including phenoxy) is 2. The van der Waals surface area contributed by atoms with Gasteiger partial charge in [0.15, 0.2) is 6.10 Å². The second-order valence-electron chi connectivity index (χ2n) is 8.92. The van der Waals surface area contributed by atoms with E-state index >= 15 is 0 Å². The number of carbonyl (C=O) groups excluding carboxylic acids is 1. The first-order valence-corrected chi connectivity index (χ1v) is 13.2. The van der Waals surface area contributed by atoms with Crippen molar-refractivity contribution in [2.45, 2.75) is 44.2 Å². The highest BCUT2D eigenvalue weighted by Gasteiger charge is 2.29. The molecule has 2 N–H and O–H groups in total. The summed E-state index contributed by atoms with van der Waals surface area (Å²) in [5.74, 6) is -1.46. The first-order valence-electron chi connectivity index (χ1n) is 12.0. The van der Waals surface area contributed by atoms with Crippen LogP contribution in [0.3, 0.4) is 0 Å². The van der Waals surface area contributed by atoms with Crippen molar-refractivity contribution in [3.05, 3.63) is 48.0 Å². The number of carbonyl (C=O) groups is 1. The van der Waals surface area contributed by atoms with E-state index in [-0.39, 0.29) is 16.7 Å². The number of aryl methyl sites for hydroxylation is 1. The number of aromatic nitrogens is 2. The zero-order chi connectivity index (χ0) is 28.2. The SMILES string of the molecule is Cc1cc(N=[S-](=O)C2CCOCC2)cc2ncnc(Nc3ccc(F)cc3O[C@H](C)C(=O)NCC(F)(F)F)c12. The van der Waals surface area contributed by atoms with Gasteiger partial charge in [-0.05, 0) is 56.5 Å². The van der Waals surface area contributed by atoms with Gasteiger partial charge in [0.1, 0.15) is 30.3 Å². The van der Waals surface area contributed by atoms with Crippen LogP contribution in [0.5, 0.6) is 5.75 Å². The Bertz CT molecular complexity index is 1440. The van der Waals surface area contributed by atoms with Crippen LogP contribution in [0.25, 0.3) is 10.9 Å². The third-order valence-electron chi connectivity index (χ3n) is 5.90. The van der Waals surface area contributed by atoms with Crippen LogP contribution in [0.1, 0.15) is 25.3 Å². The fraction of sp³-hybridized carbons (Fsp3) is 0.400. The van der Waals surface area contributed by atoms with Gasteiger partial charge < -0.3 is 28.7 Å². The van der Waals surface area contributed by atoms with Crippen LogP contribution in [0.2, 0.25) is 0 Å². The summed E-state index contributed by atoms with van der Waals surface area (Å²) < 4.78 is 79.3. The number of halogens is 4. The molecule has 0 bridgehead atoms. The summed E-state index contributed by atoms with van der Waals surface area (Å²) in [6.45, 7) is 2.65. The third-order valence-corrected chi connectivity index (χ3v) is 7.33. The van der Waals surface area contributed by atoms with Crippen molar-refractivity contribution in [1.82, 2.24) is 15.3 Å². The van der Waals surface area contributed by atoms with Crippen molar-refractivity contribution in [3.8, 4) is 5.75 Å². The number of alkyl halides is 3. The van der Waals surface area contributed by atoms with E-state index in [4.69, 9.17) is 9.47 Å². The van der Waals surface area contributed by atoms with E-state index in [0.29, 0.717) is 48.5 Å². The van der Waals surface area contributed by atoms with E-state index in [2.05, 4.69) is 19.6 Å². The molecule has 39 heavy (non-hydrogen) atoms. The molecule has 0 spiro atoms. The predicted molar refractivity (Wildman–Crippen MR) is 137 cm³/mol. The van der Waals surface area contributed by atoms with E-state index < -0.39 is 41.1 Å². The van der Waals surface area contributed by atoms with E-state index in [0.717, 1.165) is 17.7 Å². The molecule has 1 atom stereocenters. The Kier molecular flexibility index (Phi) is 8.85. The molecule has 1 fully saturated rings. The second kappa shape index (κ2) is 12.1. The van der Waals surface area contributed by atoms with Crippen molar-refractivity contribution >= 4 is 44.6 Å². The molecule has 0 unspecified atom stereocenters. The molecule has 0 aliphatic carbocycles. The number of nitrogens with zero attached hydrogens (tertiary/aromatic N) is 3. The zero-order valence-corrected chi connectivity index (χ0v) is 21.9. The second-order valence-corrected chi connectivity index (χ2v) is 10.3. The number of hydrogen-bond acceptors (Lipinski definition) is 9. The molecule has 3 aromatic rings. The van der Waals surface area contributed by atoms with Crippen LogP contribution in [-0.2, 0) is 24.3 Å². The van der Waals surface area contributed by atoms with Crippen molar-refractivity contribution in [3.63, 3.8) is 0 Å². The minimum absolute atomic E-state index is 0.0767. The predicted octanol–water partition coefficient (Wildman–Crippen LogP) is 5.22. The van der Waals surface area contributed by atoms with Gasteiger partial charge in [-0.3, -0.25) is 4.79 Å². The Balaban J connectivity index is 1.59. The van der Waals surface area contributed by atoms with Crippen molar-refractivity contribution in [1.29, 1.82) is 0 Å². The lowest BCUT2D eigenvalue weighted by atomic mass is 10.1. The quantitative estimate of drug-likeness (QED) is 0.283. The van der Waals surface area contributed by atoms with Crippen LogP contribution in [0.4, 0.5) is 34.8 Å². The third kappa shape index (κ3) is 7.53. The summed E-state index contributed by atoms with van der Waals surface area (Å²) in [7, 11) is -1.43. The number of benzene rings is 2. The lowest BCUT2D eigenvalue weighted by Crippen LogP contribution is -2.41. The summed E-state index contributed by atoms with van der Waals surface area (Å²) in [6, 6.07) is 6.96. The molecule has 1 aliphatic rings. The molecule has 1 aromatic heterocycles. The maximum absolute atomic E-state index is 14.0. The number of rotatable bonds is 8.